The van der Waals surface area contributed by atoms with Crippen molar-refractivity contribution >= 4 is 40.9 Å². The first kappa shape index (κ1) is 16.6. The summed E-state index contributed by atoms with van der Waals surface area (Å²) < 4.78 is 0. The molecule has 0 heterocycles. The van der Waals surface area contributed by atoms with Gasteiger partial charge in [-0.3, -0.25) is 4.79 Å². The van der Waals surface area contributed by atoms with Gasteiger partial charge < -0.3 is 10.4 Å². The van der Waals surface area contributed by atoms with E-state index in [0.29, 0.717) is 16.5 Å². The van der Waals surface area contributed by atoms with Crippen molar-refractivity contribution in [3.05, 3.63) is 28.2 Å². The maximum absolute atomic E-state index is 11.8. The van der Waals surface area contributed by atoms with Crippen molar-refractivity contribution in [2.45, 2.75) is 30.7 Å². The van der Waals surface area contributed by atoms with E-state index in [1.807, 2.05) is 6.92 Å². The lowest BCUT2D eigenvalue weighted by Gasteiger charge is -2.15. The molecule has 1 rings (SSSR count). The number of aliphatic hydroxyl groups is 1. The third-order valence-electron chi connectivity index (χ3n) is 2.59. The van der Waals surface area contributed by atoms with Crippen molar-refractivity contribution in [1.29, 1.82) is 0 Å². The van der Waals surface area contributed by atoms with Crippen molar-refractivity contribution in [3.63, 3.8) is 0 Å². The molecule has 0 radical (unpaired) electrons. The van der Waals surface area contributed by atoms with E-state index in [-0.39, 0.29) is 24.3 Å². The van der Waals surface area contributed by atoms with E-state index < -0.39 is 0 Å². The van der Waals surface area contributed by atoms with Crippen LogP contribution in [0.2, 0.25) is 10.0 Å². The average Bonchev–Trinajstić information content (AvgIpc) is 2.39. The van der Waals surface area contributed by atoms with E-state index in [1.165, 1.54) is 11.8 Å². The van der Waals surface area contributed by atoms with E-state index in [0.717, 1.165) is 11.3 Å². The Hall–Kier alpha value is -0.420. The van der Waals surface area contributed by atoms with Crippen molar-refractivity contribution < 1.29 is 9.90 Å². The lowest BCUT2D eigenvalue weighted by Crippen LogP contribution is -2.36. The van der Waals surface area contributed by atoms with Gasteiger partial charge in [0.15, 0.2) is 0 Å². The number of nitrogens with one attached hydrogen (secondary N) is 1. The molecule has 3 nitrogen and oxygen atoms in total. The fraction of sp³-hybridized carbons (Fsp3) is 0.462. The van der Waals surface area contributed by atoms with Crippen LogP contribution in [-0.4, -0.2) is 29.4 Å². The Labute approximate surface area is 127 Å². The summed E-state index contributed by atoms with van der Waals surface area (Å²) in [7, 11) is 0. The van der Waals surface area contributed by atoms with Gasteiger partial charge in [-0.15, -0.1) is 11.8 Å². The summed E-state index contributed by atoms with van der Waals surface area (Å²) in [5.74, 6) is 0.212. The van der Waals surface area contributed by atoms with E-state index in [9.17, 15) is 4.79 Å². The van der Waals surface area contributed by atoms with Gasteiger partial charge in [0.2, 0.25) is 5.91 Å². The Morgan fingerprint density at radius 3 is 2.84 bits per heavy atom. The quantitative estimate of drug-likeness (QED) is 0.757. The Morgan fingerprint density at radius 1 is 1.47 bits per heavy atom. The average molecular weight is 322 g/mol. The van der Waals surface area contributed by atoms with Crippen molar-refractivity contribution in [2.75, 3.05) is 12.4 Å². The Bertz CT molecular complexity index is 429. The van der Waals surface area contributed by atoms with Crippen LogP contribution in [0.5, 0.6) is 0 Å². The molecular formula is C13H17Cl2NO2S. The SMILES string of the molecule is CCC(CCO)NC(=O)CSc1cc(Cl)ccc1Cl. The van der Waals surface area contributed by atoms with E-state index >= 15 is 0 Å². The summed E-state index contributed by atoms with van der Waals surface area (Å²) in [5.41, 5.74) is 0. The largest absolute Gasteiger partial charge is 0.396 e. The summed E-state index contributed by atoms with van der Waals surface area (Å²) in [6.45, 7) is 2.05. The minimum Gasteiger partial charge on any atom is -0.396 e. The molecule has 0 aliphatic carbocycles. The van der Waals surface area contributed by atoms with Gasteiger partial charge >= 0.3 is 0 Å². The summed E-state index contributed by atoms with van der Waals surface area (Å²) in [4.78, 5) is 12.6. The minimum atomic E-state index is -0.0682. The molecule has 1 aromatic rings. The van der Waals surface area contributed by atoms with Crippen LogP contribution in [0, 0.1) is 0 Å². The third-order valence-corrected chi connectivity index (χ3v) is 4.32. The van der Waals surface area contributed by atoms with Gasteiger partial charge in [-0.2, -0.15) is 0 Å². The topological polar surface area (TPSA) is 49.3 Å². The maximum Gasteiger partial charge on any atom is 0.230 e. The third kappa shape index (κ3) is 6.04. The van der Waals surface area contributed by atoms with Gasteiger partial charge in [-0.25, -0.2) is 0 Å². The molecule has 0 aliphatic rings. The fourth-order valence-corrected chi connectivity index (χ4v) is 2.84. The minimum absolute atomic E-state index is 0.0212. The van der Waals surface area contributed by atoms with Gasteiger partial charge in [0.1, 0.15) is 0 Å². The fourth-order valence-electron chi connectivity index (χ4n) is 1.53. The first-order chi connectivity index (χ1) is 9.06. The lowest BCUT2D eigenvalue weighted by atomic mass is 10.1. The van der Waals surface area contributed by atoms with Gasteiger partial charge in [-0.1, -0.05) is 30.1 Å². The molecule has 0 saturated carbocycles. The molecule has 0 bridgehead atoms. The molecule has 1 unspecified atom stereocenters. The summed E-state index contributed by atoms with van der Waals surface area (Å²) >= 11 is 13.2. The van der Waals surface area contributed by atoms with E-state index in [2.05, 4.69) is 5.32 Å². The van der Waals surface area contributed by atoms with Crippen LogP contribution < -0.4 is 5.32 Å². The first-order valence-corrected chi connectivity index (χ1v) is 7.79. The van der Waals surface area contributed by atoms with Gasteiger partial charge in [0.25, 0.3) is 0 Å². The molecule has 6 heteroatoms. The van der Waals surface area contributed by atoms with Crippen molar-refractivity contribution in [1.82, 2.24) is 5.32 Å². The number of carbonyl (C=O) groups is 1. The molecule has 1 amide bonds. The number of thioether (sulfide) groups is 1. The first-order valence-electron chi connectivity index (χ1n) is 6.04. The molecule has 2 N–H and O–H groups in total. The van der Waals surface area contributed by atoms with E-state index in [4.69, 9.17) is 28.3 Å². The molecule has 1 aromatic carbocycles. The zero-order valence-electron chi connectivity index (χ0n) is 10.7. The second-order valence-electron chi connectivity index (χ2n) is 4.05. The number of hydrogen-bond donors (Lipinski definition) is 2. The van der Waals surface area contributed by atoms with Gasteiger partial charge in [0, 0.05) is 22.6 Å². The normalized spacial score (nSPS) is 12.2. The Kier molecular flexibility index (Phi) is 7.61. The van der Waals surface area contributed by atoms with Crippen LogP contribution in [0.4, 0.5) is 0 Å². The van der Waals surface area contributed by atoms with Crippen LogP contribution in [0.15, 0.2) is 23.1 Å². The van der Waals surface area contributed by atoms with Crippen molar-refractivity contribution in [3.8, 4) is 0 Å². The number of aliphatic hydroxyl groups excluding tert-OH is 1. The highest BCUT2D eigenvalue weighted by atomic mass is 35.5. The number of carbonyl (C=O) groups excluding carboxylic acids is 1. The summed E-state index contributed by atoms with van der Waals surface area (Å²) in [5, 5.41) is 12.9. The van der Waals surface area contributed by atoms with Crippen LogP contribution in [0.1, 0.15) is 19.8 Å². The van der Waals surface area contributed by atoms with Crippen LogP contribution in [-0.2, 0) is 4.79 Å². The summed E-state index contributed by atoms with van der Waals surface area (Å²) in [6.07, 6.45) is 1.37. The summed E-state index contributed by atoms with van der Waals surface area (Å²) in [6, 6.07) is 5.19. The molecule has 106 valence electrons. The second kappa shape index (κ2) is 8.69. The smallest absolute Gasteiger partial charge is 0.230 e. The maximum atomic E-state index is 11.8. The zero-order valence-corrected chi connectivity index (χ0v) is 13.0. The molecule has 1 atom stereocenters. The Morgan fingerprint density at radius 2 is 2.21 bits per heavy atom. The highest BCUT2D eigenvalue weighted by molar-refractivity contribution is 8.00. The van der Waals surface area contributed by atoms with Crippen molar-refractivity contribution in [2.24, 2.45) is 0 Å². The molecular weight excluding hydrogens is 305 g/mol. The molecule has 0 spiro atoms. The molecule has 0 aromatic heterocycles. The number of hydrogen-bond acceptors (Lipinski definition) is 3. The predicted octanol–water partition coefficient (Wildman–Crippen LogP) is 3.36. The number of amides is 1. The zero-order chi connectivity index (χ0) is 14.3. The monoisotopic (exact) mass is 321 g/mol. The highest BCUT2D eigenvalue weighted by Crippen LogP contribution is 2.29. The number of rotatable bonds is 7. The molecule has 0 aliphatic heterocycles. The Balaban J connectivity index is 2.47. The van der Waals surface area contributed by atoms with Crippen LogP contribution in [0.3, 0.4) is 0 Å². The predicted molar refractivity (Wildman–Crippen MR) is 81.1 cm³/mol. The molecule has 19 heavy (non-hydrogen) atoms. The van der Waals surface area contributed by atoms with Gasteiger partial charge in [-0.05, 0) is 31.0 Å². The van der Waals surface area contributed by atoms with Crippen LogP contribution >= 0.6 is 35.0 Å². The molecule has 0 fully saturated rings. The highest BCUT2D eigenvalue weighted by Gasteiger charge is 2.11. The van der Waals surface area contributed by atoms with Crippen LogP contribution in [0.25, 0.3) is 0 Å². The standard InChI is InChI=1S/C13H17Cl2NO2S/c1-2-10(5-6-17)16-13(18)8-19-12-7-9(14)3-4-11(12)15/h3-4,7,10,17H,2,5-6,8H2,1H3,(H,16,18). The molecule has 0 saturated heterocycles. The van der Waals surface area contributed by atoms with E-state index in [1.54, 1.807) is 18.2 Å². The lowest BCUT2D eigenvalue weighted by molar-refractivity contribution is -0.119. The van der Waals surface area contributed by atoms with Gasteiger partial charge in [0.05, 0.1) is 10.8 Å². The number of benzene rings is 1. The second-order valence-corrected chi connectivity index (χ2v) is 5.91. The number of halogens is 2.